The van der Waals surface area contributed by atoms with E-state index < -0.39 is 46.2 Å². The van der Waals surface area contributed by atoms with Crippen LogP contribution in [0, 0.1) is 17.2 Å². The van der Waals surface area contributed by atoms with Gasteiger partial charge in [0.2, 0.25) is 5.88 Å². The standard InChI is InChI=1S/C20H16F3N5O4.Ni/c1-9(2)8-28-17(30)10-5-4-6-12(13(10)18(28)31)25-26-15-14(20(21,22)23)11(7-24)16(29)27(3)19(15)32;/h4-6,9,29H,8H2,1-3H3;/q;+2. The van der Waals surface area contributed by atoms with E-state index >= 15 is 0 Å². The average Bonchev–Trinajstić information content (AvgIpc) is 2.95. The molecule has 33 heavy (non-hydrogen) atoms. The van der Waals surface area contributed by atoms with E-state index in [0.29, 0.717) is 4.57 Å². The van der Waals surface area contributed by atoms with Gasteiger partial charge in [-0.3, -0.25) is 23.9 Å². The summed E-state index contributed by atoms with van der Waals surface area (Å²) in [5.74, 6) is -2.45. The molecule has 1 aromatic heterocycles. The molecule has 1 N–H and O–H groups in total. The van der Waals surface area contributed by atoms with Crippen LogP contribution in [0.2, 0.25) is 0 Å². The second-order valence-electron chi connectivity index (χ2n) is 7.41. The molecule has 0 saturated heterocycles. The first kappa shape index (κ1) is 25.7. The zero-order chi connectivity index (χ0) is 24.0. The second kappa shape index (κ2) is 9.15. The zero-order valence-corrected chi connectivity index (χ0v) is 18.4. The van der Waals surface area contributed by atoms with Crippen LogP contribution >= 0.6 is 0 Å². The molecule has 0 spiro atoms. The molecule has 1 aromatic carbocycles. The number of hydrogen-bond acceptors (Lipinski definition) is 7. The fourth-order valence-corrected chi connectivity index (χ4v) is 3.27. The van der Waals surface area contributed by atoms with Gasteiger partial charge in [0.05, 0.1) is 16.8 Å². The number of halogens is 3. The van der Waals surface area contributed by atoms with Crippen LogP contribution < -0.4 is 5.56 Å². The summed E-state index contributed by atoms with van der Waals surface area (Å²) in [5, 5.41) is 26.0. The number of hydrogen-bond donors (Lipinski definition) is 1. The van der Waals surface area contributed by atoms with E-state index in [1.165, 1.54) is 24.3 Å². The van der Waals surface area contributed by atoms with E-state index in [0.717, 1.165) is 11.9 Å². The summed E-state index contributed by atoms with van der Waals surface area (Å²) in [4.78, 5) is 38.7. The van der Waals surface area contributed by atoms with Gasteiger partial charge in [-0.2, -0.15) is 18.4 Å². The van der Waals surface area contributed by atoms with Gasteiger partial charge in [0, 0.05) is 13.6 Å². The number of azo groups is 1. The molecule has 0 fully saturated rings. The normalized spacial score (nSPS) is 13.5. The monoisotopic (exact) mass is 505 g/mol. The number of pyridine rings is 1. The van der Waals surface area contributed by atoms with Crippen LogP contribution in [0.1, 0.15) is 45.7 Å². The van der Waals surface area contributed by atoms with E-state index in [1.54, 1.807) is 13.8 Å². The van der Waals surface area contributed by atoms with Crippen LogP contribution in [0.15, 0.2) is 33.2 Å². The van der Waals surface area contributed by atoms with Crippen molar-refractivity contribution < 1.29 is 44.4 Å². The Morgan fingerprint density at radius 3 is 2.33 bits per heavy atom. The Morgan fingerprint density at radius 2 is 1.79 bits per heavy atom. The Morgan fingerprint density at radius 1 is 1.15 bits per heavy atom. The van der Waals surface area contributed by atoms with Gasteiger partial charge in [0.15, 0.2) is 5.69 Å². The Kier molecular flexibility index (Phi) is 7.14. The minimum atomic E-state index is -5.21. The molecule has 9 nitrogen and oxygen atoms in total. The molecule has 174 valence electrons. The largest absolute Gasteiger partial charge is 2.00 e. The molecule has 0 aliphatic carbocycles. The third kappa shape index (κ3) is 4.39. The van der Waals surface area contributed by atoms with Gasteiger partial charge in [-0.15, -0.1) is 10.2 Å². The van der Waals surface area contributed by atoms with Gasteiger partial charge in [-0.1, -0.05) is 19.9 Å². The molecule has 3 rings (SSSR count). The molecule has 2 aromatic rings. The molecular formula is C20H16F3N5NiO4+2. The molecule has 0 bridgehead atoms. The van der Waals surface area contributed by atoms with Crippen molar-refractivity contribution in [2.24, 2.45) is 23.2 Å². The molecular weight excluding hydrogens is 490 g/mol. The van der Waals surface area contributed by atoms with Crippen LogP contribution in [0.25, 0.3) is 0 Å². The SMILES string of the molecule is CC(C)CN1C(=O)c2cccc(N=Nc3c(C(F)(F)F)c(C#N)c(O)n(C)c3=O)c2C1=O.[Ni+2]. The molecule has 0 unspecified atom stereocenters. The summed E-state index contributed by atoms with van der Waals surface area (Å²) in [6.45, 7) is 3.73. The van der Waals surface area contributed by atoms with Gasteiger partial charge in [-0.25, -0.2) is 0 Å². The zero-order valence-electron chi connectivity index (χ0n) is 17.4. The topological polar surface area (TPSA) is 128 Å². The Hall–Kier alpha value is -3.52. The van der Waals surface area contributed by atoms with Crippen molar-refractivity contribution in [3.05, 3.63) is 50.8 Å². The van der Waals surface area contributed by atoms with Crippen LogP contribution in [0.3, 0.4) is 0 Å². The van der Waals surface area contributed by atoms with Crippen molar-refractivity contribution in [2.75, 3.05) is 6.54 Å². The number of benzene rings is 1. The summed E-state index contributed by atoms with van der Waals surface area (Å²) in [6, 6.07) is 5.23. The summed E-state index contributed by atoms with van der Waals surface area (Å²) in [6.07, 6.45) is -5.21. The number of rotatable bonds is 4. The van der Waals surface area contributed by atoms with Gasteiger partial charge >= 0.3 is 22.7 Å². The summed E-state index contributed by atoms with van der Waals surface area (Å²) in [5.41, 5.74) is -5.88. The first-order valence-electron chi connectivity index (χ1n) is 9.24. The molecule has 1 aliphatic heterocycles. The molecule has 2 amide bonds. The number of imide groups is 1. The number of amides is 2. The van der Waals surface area contributed by atoms with Crippen LogP contribution in [-0.2, 0) is 29.7 Å². The van der Waals surface area contributed by atoms with Crippen molar-refractivity contribution in [2.45, 2.75) is 20.0 Å². The number of aromatic nitrogens is 1. The predicted molar refractivity (Wildman–Crippen MR) is 104 cm³/mol. The summed E-state index contributed by atoms with van der Waals surface area (Å²) >= 11 is 0. The van der Waals surface area contributed by atoms with E-state index in [4.69, 9.17) is 5.26 Å². The predicted octanol–water partition coefficient (Wildman–Crippen LogP) is 3.65. The number of fused-ring (bicyclic) bond motifs is 1. The van der Waals surface area contributed by atoms with Crippen molar-refractivity contribution in [3.63, 3.8) is 0 Å². The quantitative estimate of drug-likeness (QED) is 0.385. The fourth-order valence-electron chi connectivity index (χ4n) is 3.27. The third-order valence-corrected chi connectivity index (χ3v) is 4.71. The molecule has 13 heteroatoms. The van der Waals surface area contributed by atoms with Crippen LogP contribution in [-0.4, -0.2) is 32.9 Å². The minimum absolute atomic E-state index is 0. The van der Waals surface area contributed by atoms with Gasteiger partial charge in [0.1, 0.15) is 17.2 Å². The van der Waals surface area contributed by atoms with E-state index in [2.05, 4.69) is 10.2 Å². The maximum absolute atomic E-state index is 13.6. The van der Waals surface area contributed by atoms with Crippen molar-refractivity contribution in [3.8, 4) is 11.9 Å². The molecule has 2 heterocycles. The number of nitriles is 1. The number of nitrogens with zero attached hydrogens (tertiary/aromatic N) is 5. The van der Waals surface area contributed by atoms with Crippen molar-refractivity contribution in [1.29, 1.82) is 5.26 Å². The molecule has 1 aliphatic rings. The average molecular weight is 506 g/mol. The number of carbonyl (C=O) groups excluding carboxylic acids is 2. The molecule has 0 saturated carbocycles. The van der Waals surface area contributed by atoms with Crippen LogP contribution in [0.5, 0.6) is 5.88 Å². The van der Waals surface area contributed by atoms with E-state index in [9.17, 15) is 32.7 Å². The fraction of sp³-hybridized carbons (Fsp3) is 0.300. The maximum Gasteiger partial charge on any atom is 2.00 e. The van der Waals surface area contributed by atoms with E-state index in [1.807, 2.05) is 0 Å². The number of aromatic hydroxyl groups is 1. The van der Waals surface area contributed by atoms with Crippen molar-refractivity contribution in [1.82, 2.24) is 9.47 Å². The van der Waals surface area contributed by atoms with Gasteiger partial charge in [0.25, 0.3) is 17.4 Å². The second-order valence-corrected chi connectivity index (χ2v) is 7.41. The van der Waals surface area contributed by atoms with Gasteiger partial charge < -0.3 is 5.11 Å². The smallest absolute Gasteiger partial charge is 0.493 e. The molecule has 0 radical (unpaired) electrons. The number of alkyl halides is 3. The Balaban J connectivity index is 0.00000385. The van der Waals surface area contributed by atoms with Crippen molar-refractivity contribution >= 4 is 23.2 Å². The summed E-state index contributed by atoms with van der Waals surface area (Å²) in [7, 11) is 0.962. The molecule has 0 atom stereocenters. The first-order valence-corrected chi connectivity index (χ1v) is 9.24. The third-order valence-electron chi connectivity index (χ3n) is 4.71. The maximum atomic E-state index is 13.6. The number of carbonyl (C=O) groups is 2. The summed E-state index contributed by atoms with van der Waals surface area (Å²) < 4.78 is 41.2. The van der Waals surface area contributed by atoms with Crippen LogP contribution in [0.4, 0.5) is 24.5 Å². The minimum Gasteiger partial charge on any atom is -0.493 e. The Bertz CT molecular complexity index is 1280. The Labute approximate surface area is 195 Å². The van der Waals surface area contributed by atoms with E-state index in [-0.39, 0.29) is 45.8 Å². The van der Waals surface area contributed by atoms with Gasteiger partial charge in [-0.05, 0) is 18.1 Å². The first-order chi connectivity index (χ1) is 14.9.